The summed E-state index contributed by atoms with van der Waals surface area (Å²) in [7, 11) is -8.05. The lowest BCUT2D eigenvalue weighted by molar-refractivity contribution is 0.202. The predicted octanol–water partition coefficient (Wildman–Crippen LogP) is -1.82. The molecule has 0 aromatic carbocycles. The number of rotatable bonds is 5. The van der Waals surface area contributed by atoms with Gasteiger partial charge in [-0.25, -0.2) is 4.57 Å². The molecule has 8 N–H and O–H groups in total. The maximum atomic E-state index is 9.85. The van der Waals surface area contributed by atoms with Crippen LogP contribution in [0.3, 0.4) is 0 Å². The van der Waals surface area contributed by atoms with Gasteiger partial charge in [-0.1, -0.05) is 0 Å². The summed E-state index contributed by atoms with van der Waals surface area (Å²) in [5.74, 6) is 0. The average Bonchev–Trinajstić information content (AvgIpc) is 1.98. The Morgan fingerprint density at radius 1 is 1.00 bits per heavy atom. The van der Waals surface area contributed by atoms with Crippen LogP contribution in [0.4, 0.5) is 0 Å². The van der Waals surface area contributed by atoms with Crippen molar-refractivity contribution in [2.75, 3.05) is 25.9 Å². The van der Waals surface area contributed by atoms with Crippen LogP contribution in [0, 0.1) is 0 Å². The highest BCUT2D eigenvalue weighted by Crippen LogP contribution is 2.34. The lowest BCUT2D eigenvalue weighted by atomic mass is 10.8. The van der Waals surface area contributed by atoms with Crippen molar-refractivity contribution in [2.45, 2.75) is 0 Å². The maximum absolute atomic E-state index is 9.85. The third kappa shape index (κ3) is 25.0. The van der Waals surface area contributed by atoms with E-state index in [0.29, 0.717) is 0 Å². The van der Waals surface area contributed by atoms with Gasteiger partial charge in [0.25, 0.3) is 0 Å². The van der Waals surface area contributed by atoms with Gasteiger partial charge in [0.1, 0.15) is 0 Å². The van der Waals surface area contributed by atoms with Crippen molar-refractivity contribution >= 4 is 15.4 Å². The van der Waals surface area contributed by atoms with Crippen LogP contribution in [0.25, 0.3) is 0 Å². The van der Waals surface area contributed by atoms with E-state index in [1.807, 2.05) is 0 Å². The fourth-order valence-electron chi connectivity index (χ4n) is 0.340. The van der Waals surface area contributed by atoms with Crippen molar-refractivity contribution in [3.05, 3.63) is 0 Å². The molecule has 0 radical (unpaired) electrons. The molecule has 0 fully saturated rings. The molecule has 15 heavy (non-hydrogen) atoms. The van der Waals surface area contributed by atoms with Crippen LogP contribution < -0.4 is 11.5 Å². The molecule has 0 saturated heterocycles. The van der Waals surface area contributed by atoms with Crippen LogP contribution in [0.5, 0.6) is 0 Å². The van der Waals surface area contributed by atoms with Gasteiger partial charge in [-0.15, -0.1) is 0 Å². The minimum atomic E-state index is -4.26. The van der Waals surface area contributed by atoms with Crippen molar-refractivity contribution in [1.29, 1.82) is 0 Å². The number of phosphoric ester groups is 1. The Labute approximate surface area is 86.8 Å². The summed E-state index contributed by atoms with van der Waals surface area (Å²) in [5.41, 5.74) is 9.69. The monoisotopic (exact) mass is 266 g/mol. The van der Waals surface area contributed by atoms with E-state index in [1.165, 1.54) is 0 Å². The van der Waals surface area contributed by atoms with Gasteiger partial charge in [0.05, 0.1) is 12.8 Å². The zero-order valence-corrected chi connectivity index (χ0v) is 9.68. The number of hydrogen-bond acceptors (Lipinski definition) is 5. The molecule has 0 atom stereocenters. The lowest BCUT2D eigenvalue weighted by Gasteiger charge is -2.00. The zero-order chi connectivity index (χ0) is 12.5. The highest BCUT2D eigenvalue weighted by molar-refractivity contribution is 7.51. The summed E-state index contributed by atoms with van der Waals surface area (Å²) in [4.78, 5) is 32.1. The molecule has 0 heterocycles. The number of hydrogen-bond donors (Lipinski definition) is 6. The van der Waals surface area contributed by atoms with E-state index < -0.39 is 15.4 Å². The van der Waals surface area contributed by atoms with Crippen molar-refractivity contribution in [1.82, 2.24) is 0 Å². The molecule has 0 rings (SSSR count). The molecule has 0 saturated carbocycles. The minimum Gasteiger partial charge on any atom is -0.330 e. The standard InChI is InChI=1S/C2H8NO4P.C2H8NO3P/c3-1-2-7-8(4,5)6;3-1-2-7(4,5)6/h1-3H2,(H2,4,5,6);1-3H2,(H2,4,5,6). The number of phosphoric acid groups is 1. The molecular weight excluding hydrogens is 250 g/mol. The molecule has 0 aliphatic carbocycles. The van der Waals surface area contributed by atoms with Crippen LogP contribution >= 0.6 is 15.4 Å². The predicted molar refractivity (Wildman–Crippen MR) is 53.0 cm³/mol. The molecule has 94 valence electrons. The Morgan fingerprint density at radius 3 is 1.53 bits per heavy atom. The van der Waals surface area contributed by atoms with Gasteiger partial charge >= 0.3 is 15.4 Å². The SMILES string of the molecule is NCCOP(=O)(O)O.NCCP(=O)(O)O. The van der Waals surface area contributed by atoms with Crippen LogP contribution in [-0.2, 0) is 13.7 Å². The molecule has 0 spiro atoms. The van der Waals surface area contributed by atoms with Gasteiger partial charge in [0, 0.05) is 13.1 Å². The molecule has 0 unspecified atom stereocenters. The topological polar surface area (TPSA) is 176 Å². The van der Waals surface area contributed by atoms with Crippen molar-refractivity contribution in [3.63, 3.8) is 0 Å². The maximum Gasteiger partial charge on any atom is 0.469 e. The molecule has 0 amide bonds. The molecule has 0 bridgehead atoms. The fourth-order valence-corrected chi connectivity index (χ4v) is 1.02. The first kappa shape index (κ1) is 17.6. The van der Waals surface area contributed by atoms with Crippen LogP contribution in [0.2, 0.25) is 0 Å². The normalized spacial score (nSPS) is 11.9. The van der Waals surface area contributed by atoms with E-state index in [9.17, 15) is 9.13 Å². The van der Waals surface area contributed by atoms with Crippen LogP contribution in [0.1, 0.15) is 0 Å². The van der Waals surface area contributed by atoms with Gasteiger partial charge in [0.2, 0.25) is 0 Å². The summed E-state index contributed by atoms with van der Waals surface area (Å²) in [6.45, 7) is 0.0552. The Kier molecular flexibility index (Phi) is 9.78. The van der Waals surface area contributed by atoms with Gasteiger partial charge in [0.15, 0.2) is 0 Å². The second-order valence-corrected chi connectivity index (χ2v) is 5.31. The molecular formula is C4H16N2O7P2. The van der Waals surface area contributed by atoms with Gasteiger partial charge in [-0.05, 0) is 0 Å². The fraction of sp³-hybridized carbons (Fsp3) is 1.00. The Morgan fingerprint density at radius 2 is 1.47 bits per heavy atom. The Hall–Kier alpha value is 0.180. The first-order chi connectivity index (χ1) is 6.62. The van der Waals surface area contributed by atoms with Gasteiger partial charge < -0.3 is 31.0 Å². The van der Waals surface area contributed by atoms with Gasteiger partial charge in [-0.2, -0.15) is 0 Å². The third-order valence-electron chi connectivity index (χ3n) is 0.798. The second-order valence-electron chi connectivity index (χ2n) is 2.29. The van der Waals surface area contributed by atoms with E-state index in [4.69, 9.17) is 31.0 Å². The third-order valence-corrected chi connectivity index (χ3v) is 2.16. The highest BCUT2D eigenvalue weighted by Gasteiger charge is 2.11. The van der Waals surface area contributed by atoms with E-state index in [2.05, 4.69) is 4.52 Å². The first-order valence-corrected chi connectivity index (χ1v) is 7.10. The average molecular weight is 266 g/mol. The summed E-state index contributed by atoms with van der Waals surface area (Å²) >= 11 is 0. The highest BCUT2D eigenvalue weighted by atomic mass is 31.2. The largest absolute Gasteiger partial charge is 0.469 e. The summed E-state index contributed by atoms with van der Waals surface area (Å²) in [5, 5.41) is 0. The first-order valence-electron chi connectivity index (χ1n) is 3.77. The second kappa shape index (κ2) is 8.35. The Balaban J connectivity index is 0. The molecule has 0 aliphatic heterocycles. The van der Waals surface area contributed by atoms with E-state index in [-0.39, 0.29) is 25.9 Å². The molecule has 0 aromatic heterocycles. The van der Waals surface area contributed by atoms with Crippen LogP contribution in [0.15, 0.2) is 0 Å². The lowest BCUT2D eigenvalue weighted by Crippen LogP contribution is -2.06. The van der Waals surface area contributed by atoms with Crippen LogP contribution in [-0.4, -0.2) is 45.4 Å². The van der Waals surface area contributed by atoms with Gasteiger partial charge in [-0.3, -0.25) is 9.09 Å². The van der Waals surface area contributed by atoms with E-state index in [0.717, 1.165) is 0 Å². The minimum absolute atomic E-state index is 0.0459. The number of nitrogens with two attached hydrogens (primary N) is 2. The summed E-state index contributed by atoms with van der Waals surface area (Å²) in [6, 6.07) is 0. The van der Waals surface area contributed by atoms with Crippen molar-refractivity contribution in [2.24, 2.45) is 11.5 Å². The van der Waals surface area contributed by atoms with E-state index >= 15 is 0 Å². The Bertz CT molecular complexity index is 235. The molecule has 11 heteroatoms. The molecule has 0 aromatic rings. The summed E-state index contributed by atoms with van der Waals surface area (Å²) in [6.07, 6.45) is -0.215. The van der Waals surface area contributed by atoms with E-state index in [1.54, 1.807) is 0 Å². The molecule has 9 nitrogen and oxygen atoms in total. The van der Waals surface area contributed by atoms with Crippen molar-refractivity contribution in [3.8, 4) is 0 Å². The molecule has 0 aliphatic rings. The zero-order valence-electron chi connectivity index (χ0n) is 7.89. The summed E-state index contributed by atoms with van der Waals surface area (Å²) < 4.78 is 23.6. The quantitative estimate of drug-likeness (QED) is 0.312. The van der Waals surface area contributed by atoms with Crippen molar-refractivity contribution < 1.29 is 33.2 Å². The smallest absolute Gasteiger partial charge is 0.330 e.